The van der Waals surface area contributed by atoms with E-state index >= 15 is 0 Å². The molecule has 0 aliphatic carbocycles. The molecule has 0 N–H and O–H groups in total. The second-order valence-electron chi connectivity index (χ2n) is 2.71. The van der Waals surface area contributed by atoms with Crippen molar-refractivity contribution in [2.45, 2.75) is 19.9 Å². The van der Waals surface area contributed by atoms with E-state index in [1.165, 1.54) is 0 Å². The van der Waals surface area contributed by atoms with Crippen molar-refractivity contribution < 1.29 is 9.53 Å². The number of rotatable bonds is 2. The first-order valence-electron chi connectivity index (χ1n) is 3.40. The molecule has 0 radical (unpaired) electrons. The largest absolute Gasteiger partial charge is 0.473 e. The van der Waals surface area contributed by atoms with Gasteiger partial charge in [-0.1, -0.05) is 13.8 Å². The molecule has 0 unspecified atom stereocenters. The molecule has 0 spiro atoms. The molecule has 0 fully saturated rings. The van der Waals surface area contributed by atoms with Crippen LogP contribution in [-0.2, 0) is 9.53 Å². The summed E-state index contributed by atoms with van der Waals surface area (Å²) in [6, 6.07) is 0.181. The summed E-state index contributed by atoms with van der Waals surface area (Å²) in [5, 5.41) is 0. The van der Waals surface area contributed by atoms with Crippen LogP contribution in [0.15, 0.2) is 4.99 Å². The summed E-state index contributed by atoms with van der Waals surface area (Å²) < 4.78 is 4.96. The van der Waals surface area contributed by atoms with Crippen molar-refractivity contribution in [2.75, 3.05) is 6.61 Å². The third-order valence-electron chi connectivity index (χ3n) is 1.57. The minimum Gasteiger partial charge on any atom is -0.473 e. The zero-order valence-corrected chi connectivity index (χ0v) is 6.20. The molecule has 10 heavy (non-hydrogen) atoms. The standard InChI is InChI=1S/C7H11NO2/c1-5(2)6-4-10-7(3-9)8-6/h3,5-6H,4H2,1-2H3/t6-/m1/s1. The molecule has 1 atom stereocenters. The molecule has 3 nitrogen and oxygen atoms in total. The number of aliphatic imine (C=N–C) groups is 1. The summed E-state index contributed by atoms with van der Waals surface area (Å²) in [6.07, 6.45) is 0.655. The smallest absolute Gasteiger partial charge is 0.250 e. The van der Waals surface area contributed by atoms with Crippen LogP contribution in [0.3, 0.4) is 0 Å². The third-order valence-corrected chi connectivity index (χ3v) is 1.57. The van der Waals surface area contributed by atoms with Gasteiger partial charge in [0, 0.05) is 0 Å². The highest BCUT2D eigenvalue weighted by molar-refractivity contribution is 6.24. The van der Waals surface area contributed by atoms with E-state index in [9.17, 15) is 4.79 Å². The van der Waals surface area contributed by atoms with Crippen LogP contribution in [-0.4, -0.2) is 24.8 Å². The molecule has 1 aliphatic heterocycles. The normalized spacial score (nSPS) is 24.3. The van der Waals surface area contributed by atoms with Gasteiger partial charge in [0.1, 0.15) is 6.61 Å². The van der Waals surface area contributed by atoms with E-state index in [2.05, 4.69) is 18.8 Å². The lowest BCUT2D eigenvalue weighted by Gasteiger charge is -2.06. The van der Waals surface area contributed by atoms with E-state index in [0.29, 0.717) is 18.8 Å². The molecule has 0 saturated carbocycles. The zero-order chi connectivity index (χ0) is 7.56. The minimum absolute atomic E-state index is 0.181. The molecule has 3 heteroatoms. The van der Waals surface area contributed by atoms with Crippen molar-refractivity contribution in [1.82, 2.24) is 0 Å². The topological polar surface area (TPSA) is 38.7 Å². The molecular formula is C7H11NO2. The van der Waals surface area contributed by atoms with Crippen LogP contribution in [0.5, 0.6) is 0 Å². The van der Waals surface area contributed by atoms with Crippen LogP contribution < -0.4 is 0 Å². The first-order valence-corrected chi connectivity index (χ1v) is 3.40. The van der Waals surface area contributed by atoms with E-state index in [-0.39, 0.29) is 11.9 Å². The predicted molar refractivity (Wildman–Crippen MR) is 38.1 cm³/mol. The number of hydrogen-bond acceptors (Lipinski definition) is 3. The summed E-state index contributed by atoms with van der Waals surface area (Å²) in [6.45, 7) is 4.68. The molecule has 0 saturated heterocycles. The van der Waals surface area contributed by atoms with Crippen molar-refractivity contribution >= 4 is 12.2 Å². The van der Waals surface area contributed by atoms with Crippen LogP contribution in [0.25, 0.3) is 0 Å². The molecule has 0 bridgehead atoms. The molecule has 0 aromatic carbocycles. The van der Waals surface area contributed by atoms with E-state index in [4.69, 9.17) is 4.74 Å². The van der Waals surface area contributed by atoms with Gasteiger partial charge in [0.05, 0.1) is 6.04 Å². The second kappa shape index (κ2) is 2.82. The first kappa shape index (κ1) is 7.25. The fourth-order valence-corrected chi connectivity index (χ4v) is 0.815. The van der Waals surface area contributed by atoms with Gasteiger partial charge in [0.2, 0.25) is 12.2 Å². The van der Waals surface area contributed by atoms with E-state index in [1.807, 2.05) is 0 Å². The van der Waals surface area contributed by atoms with Gasteiger partial charge >= 0.3 is 0 Å². The Kier molecular flexibility index (Phi) is 2.04. The van der Waals surface area contributed by atoms with Gasteiger partial charge in [-0.3, -0.25) is 4.79 Å². The average molecular weight is 141 g/mol. The highest BCUT2D eigenvalue weighted by atomic mass is 16.5. The van der Waals surface area contributed by atoms with Crippen LogP contribution in [0.2, 0.25) is 0 Å². The maximum Gasteiger partial charge on any atom is 0.250 e. The number of ether oxygens (including phenoxy) is 1. The van der Waals surface area contributed by atoms with Crippen LogP contribution in [0, 0.1) is 5.92 Å². The monoisotopic (exact) mass is 141 g/mol. The third kappa shape index (κ3) is 1.35. The molecule has 1 heterocycles. The van der Waals surface area contributed by atoms with Crippen LogP contribution in [0.1, 0.15) is 13.8 Å². The van der Waals surface area contributed by atoms with Gasteiger partial charge in [0.25, 0.3) is 0 Å². The number of carbonyl (C=O) groups excluding carboxylic acids is 1. The van der Waals surface area contributed by atoms with Crippen molar-refractivity contribution in [3.8, 4) is 0 Å². The van der Waals surface area contributed by atoms with Crippen molar-refractivity contribution in [3.05, 3.63) is 0 Å². The summed E-state index contributed by atoms with van der Waals surface area (Å²) >= 11 is 0. The maximum absolute atomic E-state index is 10.1. The Morgan fingerprint density at radius 1 is 1.80 bits per heavy atom. The fourth-order valence-electron chi connectivity index (χ4n) is 0.815. The highest BCUT2D eigenvalue weighted by Gasteiger charge is 2.20. The van der Waals surface area contributed by atoms with Gasteiger partial charge in [-0.15, -0.1) is 0 Å². The molecule has 1 rings (SSSR count). The quantitative estimate of drug-likeness (QED) is 0.529. The Bertz CT molecular complexity index is 163. The van der Waals surface area contributed by atoms with Gasteiger partial charge in [-0.2, -0.15) is 0 Å². The van der Waals surface area contributed by atoms with Crippen molar-refractivity contribution in [3.63, 3.8) is 0 Å². The van der Waals surface area contributed by atoms with Crippen molar-refractivity contribution in [2.24, 2.45) is 10.9 Å². The molecular weight excluding hydrogens is 130 g/mol. The highest BCUT2D eigenvalue weighted by Crippen LogP contribution is 2.12. The number of carbonyl (C=O) groups is 1. The molecule has 1 aliphatic rings. The summed E-state index contributed by atoms with van der Waals surface area (Å²) in [7, 11) is 0. The van der Waals surface area contributed by atoms with E-state index in [1.54, 1.807) is 0 Å². The molecule has 56 valence electrons. The number of aldehydes is 1. The molecule has 0 amide bonds. The lowest BCUT2D eigenvalue weighted by Crippen LogP contribution is -2.13. The Hall–Kier alpha value is -0.860. The summed E-state index contributed by atoms with van der Waals surface area (Å²) in [5.41, 5.74) is 0. The van der Waals surface area contributed by atoms with Gasteiger partial charge in [-0.05, 0) is 5.92 Å². The zero-order valence-electron chi connectivity index (χ0n) is 6.20. The number of nitrogens with zero attached hydrogens (tertiary/aromatic N) is 1. The molecule has 0 aromatic rings. The SMILES string of the molecule is CC(C)[C@H]1COC(C=O)=N1. The van der Waals surface area contributed by atoms with Crippen LogP contribution >= 0.6 is 0 Å². The minimum atomic E-state index is 0.181. The molecule has 0 aromatic heterocycles. The maximum atomic E-state index is 10.1. The second-order valence-corrected chi connectivity index (χ2v) is 2.71. The Balaban J connectivity index is 2.54. The van der Waals surface area contributed by atoms with E-state index < -0.39 is 0 Å². The average Bonchev–Trinajstić information content (AvgIpc) is 2.34. The van der Waals surface area contributed by atoms with Gasteiger partial charge in [-0.25, -0.2) is 4.99 Å². The Labute approximate surface area is 60.1 Å². The first-order chi connectivity index (χ1) is 4.74. The van der Waals surface area contributed by atoms with Crippen LogP contribution in [0.4, 0.5) is 0 Å². The predicted octanol–water partition coefficient (Wildman–Crippen LogP) is 0.639. The Morgan fingerprint density at radius 2 is 2.50 bits per heavy atom. The Morgan fingerprint density at radius 3 is 2.80 bits per heavy atom. The summed E-state index contributed by atoms with van der Waals surface area (Å²) in [5.74, 6) is 0.705. The van der Waals surface area contributed by atoms with E-state index in [0.717, 1.165) is 0 Å². The lowest BCUT2D eigenvalue weighted by molar-refractivity contribution is -0.103. The fraction of sp³-hybridized carbons (Fsp3) is 0.714. The van der Waals surface area contributed by atoms with Gasteiger partial charge in [0.15, 0.2) is 0 Å². The lowest BCUT2D eigenvalue weighted by atomic mass is 10.1. The summed E-state index contributed by atoms with van der Waals surface area (Å²) in [4.78, 5) is 14.2. The number of hydrogen-bond donors (Lipinski definition) is 0. The van der Waals surface area contributed by atoms with Crippen molar-refractivity contribution in [1.29, 1.82) is 0 Å². The van der Waals surface area contributed by atoms with Gasteiger partial charge < -0.3 is 4.74 Å².